The molecule has 0 saturated heterocycles. The van der Waals surface area contributed by atoms with E-state index in [1.54, 1.807) is 0 Å². The fraction of sp³-hybridized carbons (Fsp3) is 0.600. The van der Waals surface area contributed by atoms with Crippen LogP contribution >= 0.6 is 0 Å². The first-order valence-electron chi connectivity index (χ1n) is 6.85. The second-order valence-electron chi connectivity index (χ2n) is 5.07. The zero-order valence-corrected chi connectivity index (χ0v) is 10.8. The molecule has 1 aliphatic carbocycles. The van der Waals surface area contributed by atoms with E-state index in [1.165, 1.54) is 30.4 Å². The summed E-state index contributed by atoms with van der Waals surface area (Å²) in [5.41, 5.74) is 8.56. The Morgan fingerprint density at radius 1 is 1.29 bits per heavy atom. The van der Waals surface area contributed by atoms with E-state index in [0.29, 0.717) is 12.6 Å². The maximum atomic E-state index is 5.85. The third-order valence-electron chi connectivity index (χ3n) is 3.67. The SMILES string of the molecule is CCc1ccc(C(CN)NCCC2CC2)cc1. The first-order valence-corrected chi connectivity index (χ1v) is 6.85. The predicted octanol–water partition coefficient (Wildman–Crippen LogP) is 2.64. The lowest BCUT2D eigenvalue weighted by atomic mass is 10.0. The molecule has 1 aromatic carbocycles. The van der Waals surface area contributed by atoms with Crippen LogP contribution < -0.4 is 11.1 Å². The summed E-state index contributed by atoms with van der Waals surface area (Å²) in [5.74, 6) is 0.989. The Balaban J connectivity index is 1.85. The smallest absolute Gasteiger partial charge is 0.0444 e. The summed E-state index contributed by atoms with van der Waals surface area (Å²) in [7, 11) is 0. The molecule has 94 valence electrons. The van der Waals surface area contributed by atoms with Crippen LogP contribution in [-0.2, 0) is 6.42 Å². The minimum absolute atomic E-state index is 0.319. The van der Waals surface area contributed by atoms with Crippen LogP contribution in [0.4, 0.5) is 0 Å². The van der Waals surface area contributed by atoms with Gasteiger partial charge in [0.2, 0.25) is 0 Å². The molecule has 0 radical (unpaired) electrons. The molecule has 0 spiro atoms. The second-order valence-corrected chi connectivity index (χ2v) is 5.07. The Hall–Kier alpha value is -0.860. The number of benzene rings is 1. The highest BCUT2D eigenvalue weighted by molar-refractivity contribution is 5.25. The highest BCUT2D eigenvalue weighted by Gasteiger charge is 2.20. The van der Waals surface area contributed by atoms with Crippen molar-refractivity contribution in [3.05, 3.63) is 35.4 Å². The van der Waals surface area contributed by atoms with E-state index in [4.69, 9.17) is 5.73 Å². The first kappa shape index (κ1) is 12.6. The van der Waals surface area contributed by atoms with Gasteiger partial charge in [0, 0.05) is 12.6 Å². The van der Waals surface area contributed by atoms with Crippen molar-refractivity contribution in [3.63, 3.8) is 0 Å². The van der Waals surface area contributed by atoms with Crippen LogP contribution in [0.5, 0.6) is 0 Å². The van der Waals surface area contributed by atoms with E-state index in [1.807, 2.05) is 0 Å². The van der Waals surface area contributed by atoms with Crippen molar-refractivity contribution in [2.24, 2.45) is 11.7 Å². The second kappa shape index (κ2) is 6.18. The molecule has 17 heavy (non-hydrogen) atoms. The molecule has 1 atom stereocenters. The molecule has 1 saturated carbocycles. The zero-order valence-electron chi connectivity index (χ0n) is 10.8. The van der Waals surface area contributed by atoms with Crippen LogP contribution in [0, 0.1) is 5.92 Å². The average molecular weight is 232 g/mol. The van der Waals surface area contributed by atoms with Crippen LogP contribution in [-0.4, -0.2) is 13.1 Å². The van der Waals surface area contributed by atoms with Crippen molar-refractivity contribution in [1.82, 2.24) is 5.32 Å². The van der Waals surface area contributed by atoms with Gasteiger partial charge in [0.05, 0.1) is 0 Å². The van der Waals surface area contributed by atoms with Crippen molar-refractivity contribution < 1.29 is 0 Å². The molecular formula is C15H24N2. The van der Waals surface area contributed by atoms with Gasteiger partial charge < -0.3 is 11.1 Å². The van der Waals surface area contributed by atoms with Crippen molar-refractivity contribution in [2.45, 2.75) is 38.6 Å². The lowest BCUT2D eigenvalue weighted by Gasteiger charge is -2.17. The summed E-state index contributed by atoms with van der Waals surface area (Å²) < 4.78 is 0. The van der Waals surface area contributed by atoms with Gasteiger partial charge in [-0.15, -0.1) is 0 Å². The molecular weight excluding hydrogens is 208 g/mol. The van der Waals surface area contributed by atoms with Gasteiger partial charge >= 0.3 is 0 Å². The monoisotopic (exact) mass is 232 g/mol. The Bertz CT molecular complexity index is 327. The van der Waals surface area contributed by atoms with Crippen molar-refractivity contribution in [2.75, 3.05) is 13.1 Å². The number of aryl methyl sites for hydroxylation is 1. The van der Waals surface area contributed by atoms with E-state index in [2.05, 4.69) is 36.5 Å². The van der Waals surface area contributed by atoms with Crippen molar-refractivity contribution in [3.8, 4) is 0 Å². The summed E-state index contributed by atoms with van der Waals surface area (Å²) in [5, 5.41) is 3.57. The lowest BCUT2D eigenvalue weighted by molar-refractivity contribution is 0.516. The summed E-state index contributed by atoms with van der Waals surface area (Å²) in [4.78, 5) is 0. The fourth-order valence-corrected chi connectivity index (χ4v) is 2.19. The molecule has 0 bridgehead atoms. The summed E-state index contributed by atoms with van der Waals surface area (Å²) in [6.45, 7) is 3.96. The van der Waals surface area contributed by atoms with E-state index < -0.39 is 0 Å². The number of nitrogens with one attached hydrogen (secondary N) is 1. The maximum absolute atomic E-state index is 5.85. The van der Waals surface area contributed by atoms with Crippen LogP contribution in [0.2, 0.25) is 0 Å². The summed E-state index contributed by atoms with van der Waals surface area (Å²) in [6.07, 6.45) is 5.27. The Morgan fingerprint density at radius 2 is 2.00 bits per heavy atom. The largest absolute Gasteiger partial charge is 0.329 e. The van der Waals surface area contributed by atoms with Gasteiger partial charge in [-0.2, -0.15) is 0 Å². The Morgan fingerprint density at radius 3 is 2.53 bits per heavy atom. The van der Waals surface area contributed by atoms with Gasteiger partial charge in [-0.3, -0.25) is 0 Å². The van der Waals surface area contributed by atoms with Crippen LogP contribution in [0.1, 0.15) is 43.4 Å². The third-order valence-corrected chi connectivity index (χ3v) is 3.67. The molecule has 2 rings (SSSR count). The molecule has 0 aromatic heterocycles. The van der Waals surface area contributed by atoms with Crippen LogP contribution in [0.25, 0.3) is 0 Å². The Labute approximate surface area is 105 Å². The molecule has 0 aliphatic heterocycles. The molecule has 0 amide bonds. The van der Waals surface area contributed by atoms with E-state index in [9.17, 15) is 0 Å². The third kappa shape index (κ3) is 3.83. The predicted molar refractivity (Wildman–Crippen MR) is 73.0 cm³/mol. The standard InChI is InChI=1S/C15H24N2/c1-2-12-5-7-14(8-6-12)15(11-16)17-10-9-13-3-4-13/h5-8,13,15,17H,2-4,9-11,16H2,1H3. The molecule has 3 N–H and O–H groups in total. The molecule has 1 aromatic rings. The molecule has 1 aliphatic rings. The van der Waals surface area contributed by atoms with Gasteiger partial charge in [0.1, 0.15) is 0 Å². The van der Waals surface area contributed by atoms with Crippen molar-refractivity contribution >= 4 is 0 Å². The van der Waals surface area contributed by atoms with E-state index in [-0.39, 0.29) is 0 Å². The van der Waals surface area contributed by atoms with Crippen LogP contribution in [0.3, 0.4) is 0 Å². The maximum Gasteiger partial charge on any atom is 0.0444 e. The highest BCUT2D eigenvalue weighted by atomic mass is 14.9. The summed E-state index contributed by atoms with van der Waals surface area (Å²) >= 11 is 0. The van der Waals surface area contributed by atoms with Gasteiger partial charge in [0.25, 0.3) is 0 Å². The summed E-state index contributed by atoms with van der Waals surface area (Å²) in [6, 6.07) is 9.15. The number of hydrogen-bond donors (Lipinski definition) is 2. The highest BCUT2D eigenvalue weighted by Crippen LogP contribution is 2.31. The Kier molecular flexibility index (Phi) is 4.57. The number of nitrogens with two attached hydrogens (primary N) is 1. The zero-order chi connectivity index (χ0) is 12.1. The molecule has 2 nitrogen and oxygen atoms in total. The van der Waals surface area contributed by atoms with Gasteiger partial charge in [0.15, 0.2) is 0 Å². The fourth-order valence-electron chi connectivity index (χ4n) is 2.19. The molecule has 2 heteroatoms. The minimum Gasteiger partial charge on any atom is -0.329 e. The minimum atomic E-state index is 0.319. The van der Waals surface area contributed by atoms with E-state index >= 15 is 0 Å². The number of rotatable bonds is 7. The quantitative estimate of drug-likeness (QED) is 0.758. The van der Waals surface area contributed by atoms with Crippen LogP contribution in [0.15, 0.2) is 24.3 Å². The molecule has 0 heterocycles. The van der Waals surface area contributed by atoms with Gasteiger partial charge in [-0.25, -0.2) is 0 Å². The van der Waals surface area contributed by atoms with Gasteiger partial charge in [-0.1, -0.05) is 44.0 Å². The first-order chi connectivity index (χ1) is 8.33. The normalized spacial score (nSPS) is 17.1. The van der Waals surface area contributed by atoms with Gasteiger partial charge in [-0.05, 0) is 36.4 Å². The average Bonchev–Trinajstić information content (AvgIpc) is 3.19. The van der Waals surface area contributed by atoms with E-state index in [0.717, 1.165) is 18.9 Å². The molecule has 1 unspecified atom stereocenters. The number of hydrogen-bond acceptors (Lipinski definition) is 2. The topological polar surface area (TPSA) is 38.0 Å². The lowest BCUT2D eigenvalue weighted by Crippen LogP contribution is -2.29. The molecule has 1 fully saturated rings. The van der Waals surface area contributed by atoms with Crippen molar-refractivity contribution in [1.29, 1.82) is 0 Å².